The Balaban J connectivity index is 2.90. The molecule has 7 nitrogen and oxygen atoms in total. The predicted octanol–water partition coefficient (Wildman–Crippen LogP) is 2.41. The summed E-state index contributed by atoms with van der Waals surface area (Å²) in [7, 11) is 0. The molecule has 0 aromatic carbocycles. The molecular formula is C14H21N3O4. The average Bonchev–Trinajstić information content (AvgIpc) is 2.31. The minimum atomic E-state index is -0.631. The van der Waals surface area contributed by atoms with Crippen molar-refractivity contribution in [2.75, 3.05) is 5.32 Å². The van der Waals surface area contributed by atoms with Gasteiger partial charge in [-0.25, -0.2) is 4.79 Å². The molecule has 0 spiro atoms. The molecular weight excluding hydrogens is 274 g/mol. The Labute approximate surface area is 124 Å². The molecule has 1 unspecified atom stereocenters. The van der Waals surface area contributed by atoms with E-state index in [1.807, 2.05) is 0 Å². The summed E-state index contributed by atoms with van der Waals surface area (Å²) < 4.78 is 10.4. The second-order valence-electron chi connectivity index (χ2n) is 5.64. The molecule has 116 valence electrons. The standard InChI is InChI=1S/C14H21N3O4/c1-8(7-18)20-12-15-9(2)11(10(3)16-12)17-13(19)21-14(4,5)6/h7-8H,1-6H3,(H,17,19). The summed E-state index contributed by atoms with van der Waals surface area (Å²) in [6.07, 6.45) is -0.554. The van der Waals surface area contributed by atoms with Gasteiger partial charge in [0.2, 0.25) is 0 Å². The molecule has 1 N–H and O–H groups in total. The Kier molecular flexibility index (Phi) is 5.23. The number of ether oxygens (including phenoxy) is 2. The van der Waals surface area contributed by atoms with Gasteiger partial charge in [0.05, 0.1) is 17.1 Å². The average molecular weight is 295 g/mol. The van der Waals surface area contributed by atoms with Gasteiger partial charge in [0.1, 0.15) is 5.60 Å². The molecule has 0 saturated heterocycles. The number of carbonyl (C=O) groups excluding carboxylic acids is 2. The van der Waals surface area contributed by atoms with Crippen molar-refractivity contribution in [3.05, 3.63) is 11.4 Å². The van der Waals surface area contributed by atoms with E-state index in [2.05, 4.69) is 15.3 Å². The van der Waals surface area contributed by atoms with E-state index >= 15 is 0 Å². The third-order valence-electron chi connectivity index (χ3n) is 2.36. The number of carbonyl (C=O) groups is 2. The fraction of sp³-hybridized carbons (Fsp3) is 0.571. The smallest absolute Gasteiger partial charge is 0.412 e. The lowest BCUT2D eigenvalue weighted by Gasteiger charge is -2.20. The van der Waals surface area contributed by atoms with E-state index in [9.17, 15) is 9.59 Å². The van der Waals surface area contributed by atoms with Gasteiger partial charge in [0.15, 0.2) is 12.4 Å². The SMILES string of the molecule is Cc1nc(OC(C)C=O)nc(C)c1NC(=O)OC(C)(C)C. The van der Waals surface area contributed by atoms with Gasteiger partial charge in [-0.2, -0.15) is 9.97 Å². The molecule has 1 aromatic heterocycles. The van der Waals surface area contributed by atoms with Crippen molar-refractivity contribution < 1.29 is 19.1 Å². The minimum absolute atomic E-state index is 0.0966. The third-order valence-corrected chi connectivity index (χ3v) is 2.36. The van der Waals surface area contributed by atoms with Crippen molar-refractivity contribution in [1.29, 1.82) is 0 Å². The van der Waals surface area contributed by atoms with E-state index < -0.39 is 17.8 Å². The number of anilines is 1. The van der Waals surface area contributed by atoms with Crippen molar-refractivity contribution in [1.82, 2.24) is 9.97 Å². The van der Waals surface area contributed by atoms with Crippen molar-refractivity contribution in [3.63, 3.8) is 0 Å². The zero-order chi connectivity index (χ0) is 16.2. The lowest BCUT2D eigenvalue weighted by Crippen LogP contribution is -2.28. The Hall–Kier alpha value is -2.18. The summed E-state index contributed by atoms with van der Waals surface area (Å²) in [5.74, 6) is 0. The molecule has 21 heavy (non-hydrogen) atoms. The van der Waals surface area contributed by atoms with Gasteiger partial charge in [-0.1, -0.05) is 0 Å². The Morgan fingerprint density at radius 3 is 2.19 bits per heavy atom. The first kappa shape index (κ1) is 16.9. The molecule has 1 rings (SSSR count). The molecule has 1 heterocycles. The largest absolute Gasteiger partial charge is 0.453 e. The van der Waals surface area contributed by atoms with Gasteiger partial charge < -0.3 is 9.47 Å². The van der Waals surface area contributed by atoms with E-state index in [0.29, 0.717) is 23.4 Å². The number of nitrogens with zero attached hydrogens (tertiary/aromatic N) is 2. The van der Waals surface area contributed by atoms with E-state index in [1.165, 1.54) is 0 Å². The van der Waals surface area contributed by atoms with Crippen LogP contribution in [0.5, 0.6) is 6.01 Å². The van der Waals surface area contributed by atoms with Crippen molar-refractivity contribution >= 4 is 18.1 Å². The van der Waals surface area contributed by atoms with Gasteiger partial charge in [0.25, 0.3) is 0 Å². The van der Waals surface area contributed by atoms with E-state index in [4.69, 9.17) is 9.47 Å². The van der Waals surface area contributed by atoms with Crippen LogP contribution >= 0.6 is 0 Å². The molecule has 1 atom stereocenters. The molecule has 0 radical (unpaired) electrons. The highest BCUT2D eigenvalue weighted by Gasteiger charge is 2.19. The number of rotatable bonds is 4. The lowest BCUT2D eigenvalue weighted by molar-refractivity contribution is -0.113. The number of aromatic nitrogens is 2. The van der Waals surface area contributed by atoms with E-state index in [1.54, 1.807) is 41.5 Å². The van der Waals surface area contributed by atoms with E-state index in [0.717, 1.165) is 0 Å². The highest BCUT2D eigenvalue weighted by Crippen LogP contribution is 2.21. The molecule has 7 heteroatoms. The number of aldehydes is 1. The molecule has 0 aliphatic heterocycles. The molecule has 0 aliphatic rings. The summed E-state index contributed by atoms with van der Waals surface area (Å²) in [6.45, 7) is 10.3. The van der Waals surface area contributed by atoms with Crippen LogP contribution in [0.2, 0.25) is 0 Å². The Bertz CT molecular complexity index is 515. The maximum atomic E-state index is 11.8. The topological polar surface area (TPSA) is 90.4 Å². The van der Waals surface area contributed by atoms with Crippen molar-refractivity contribution in [2.24, 2.45) is 0 Å². The van der Waals surface area contributed by atoms with E-state index in [-0.39, 0.29) is 6.01 Å². The highest BCUT2D eigenvalue weighted by atomic mass is 16.6. The maximum Gasteiger partial charge on any atom is 0.412 e. The van der Waals surface area contributed by atoms with Gasteiger partial charge in [-0.05, 0) is 41.5 Å². The number of aryl methyl sites for hydroxylation is 2. The quantitative estimate of drug-likeness (QED) is 0.858. The highest BCUT2D eigenvalue weighted by molar-refractivity contribution is 5.86. The second-order valence-corrected chi connectivity index (χ2v) is 5.64. The van der Waals surface area contributed by atoms with Crippen LogP contribution in [0.15, 0.2) is 0 Å². The van der Waals surface area contributed by atoms with Gasteiger partial charge in [0, 0.05) is 0 Å². The minimum Gasteiger partial charge on any atom is -0.453 e. The number of nitrogens with one attached hydrogen (secondary N) is 1. The second kappa shape index (κ2) is 6.51. The molecule has 1 aromatic rings. The fourth-order valence-electron chi connectivity index (χ4n) is 1.52. The zero-order valence-electron chi connectivity index (χ0n) is 13.2. The lowest BCUT2D eigenvalue weighted by atomic mass is 10.2. The van der Waals surface area contributed by atoms with Crippen LogP contribution in [-0.4, -0.2) is 34.1 Å². The Morgan fingerprint density at radius 1 is 1.24 bits per heavy atom. The monoisotopic (exact) mass is 295 g/mol. The molecule has 0 bridgehead atoms. The van der Waals surface area contributed by atoms with Gasteiger partial charge in [-0.3, -0.25) is 10.1 Å². The first-order valence-corrected chi connectivity index (χ1v) is 6.59. The van der Waals surface area contributed by atoms with Crippen LogP contribution in [0, 0.1) is 13.8 Å². The first-order valence-electron chi connectivity index (χ1n) is 6.59. The van der Waals surface area contributed by atoms with Crippen molar-refractivity contribution in [2.45, 2.75) is 53.2 Å². The molecule has 0 fully saturated rings. The van der Waals surface area contributed by atoms with Crippen LogP contribution < -0.4 is 10.1 Å². The summed E-state index contributed by atoms with van der Waals surface area (Å²) in [4.78, 5) is 30.6. The normalized spacial score (nSPS) is 12.5. The summed E-state index contributed by atoms with van der Waals surface area (Å²) >= 11 is 0. The van der Waals surface area contributed by atoms with Crippen molar-refractivity contribution in [3.8, 4) is 6.01 Å². The Morgan fingerprint density at radius 2 is 1.76 bits per heavy atom. The van der Waals surface area contributed by atoms with Crippen LogP contribution in [-0.2, 0) is 9.53 Å². The third kappa shape index (κ3) is 5.37. The van der Waals surface area contributed by atoms with Crippen LogP contribution in [0.25, 0.3) is 0 Å². The number of hydrogen-bond donors (Lipinski definition) is 1. The van der Waals surface area contributed by atoms with Crippen LogP contribution in [0.4, 0.5) is 10.5 Å². The summed E-state index contributed by atoms with van der Waals surface area (Å²) in [5, 5.41) is 2.62. The first-order chi connectivity index (χ1) is 9.62. The number of hydrogen-bond acceptors (Lipinski definition) is 6. The molecule has 0 aliphatic carbocycles. The predicted molar refractivity (Wildman–Crippen MR) is 77.5 cm³/mol. The van der Waals surface area contributed by atoms with Gasteiger partial charge in [-0.15, -0.1) is 0 Å². The summed E-state index contributed by atoms with van der Waals surface area (Å²) in [5.41, 5.74) is 0.938. The number of amides is 1. The van der Waals surface area contributed by atoms with Gasteiger partial charge >= 0.3 is 12.1 Å². The molecule has 0 saturated carbocycles. The van der Waals surface area contributed by atoms with Crippen LogP contribution in [0.1, 0.15) is 39.1 Å². The zero-order valence-corrected chi connectivity index (χ0v) is 13.2. The maximum absolute atomic E-state index is 11.8. The molecule has 1 amide bonds. The summed E-state index contributed by atoms with van der Waals surface area (Å²) in [6, 6.07) is 0.0966. The fourth-order valence-corrected chi connectivity index (χ4v) is 1.52. The van der Waals surface area contributed by atoms with Crippen LogP contribution in [0.3, 0.4) is 0 Å².